The van der Waals surface area contributed by atoms with Gasteiger partial charge < -0.3 is 20.3 Å². The van der Waals surface area contributed by atoms with Crippen LogP contribution in [0.3, 0.4) is 0 Å². The van der Waals surface area contributed by atoms with Gasteiger partial charge in [0.1, 0.15) is 5.78 Å². The molecule has 8 nitrogen and oxygen atoms in total. The van der Waals surface area contributed by atoms with Crippen LogP contribution in [0.25, 0.3) is 11.1 Å². The van der Waals surface area contributed by atoms with Crippen LogP contribution in [0.4, 0.5) is 5.69 Å². The Morgan fingerprint density at radius 3 is 2.24 bits per heavy atom. The van der Waals surface area contributed by atoms with E-state index in [-0.39, 0.29) is 35.6 Å². The summed E-state index contributed by atoms with van der Waals surface area (Å²) in [5, 5.41) is 6.34. The third-order valence-corrected chi connectivity index (χ3v) is 12.1. The number of ketones is 1. The molecule has 2 aromatic rings. The molecule has 3 fully saturated rings. The van der Waals surface area contributed by atoms with Crippen molar-refractivity contribution in [3.05, 3.63) is 53.1 Å². The molecule has 49 heavy (non-hydrogen) atoms. The van der Waals surface area contributed by atoms with E-state index in [2.05, 4.69) is 92.4 Å². The number of anilines is 1. The Labute approximate surface area is 294 Å². The van der Waals surface area contributed by atoms with Crippen LogP contribution in [-0.2, 0) is 20.9 Å². The fraction of sp³-hybridized carbons (Fsp3) is 0.634. The summed E-state index contributed by atoms with van der Waals surface area (Å²) in [5.74, 6) is 1.14. The number of benzene rings is 2. The van der Waals surface area contributed by atoms with Crippen molar-refractivity contribution in [2.75, 3.05) is 44.8 Å². The summed E-state index contributed by atoms with van der Waals surface area (Å²) in [6.45, 7) is 17.1. The molecule has 0 spiro atoms. The van der Waals surface area contributed by atoms with Gasteiger partial charge in [0.05, 0.1) is 13.2 Å². The molecule has 1 aliphatic heterocycles. The third-order valence-electron chi connectivity index (χ3n) is 12.1. The van der Waals surface area contributed by atoms with Gasteiger partial charge in [0.2, 0.25) is 5.91 Å². The summed E-state index contributed by atoms with van der Waals surface area (Å²) >= 11 is 0. The highest BCUT2D eigenvalue weighted by Gasteiger charge is 2.39. The van der Waals surface area contributed by atoms with Crippen LogP contribution >= 0.6 is 0 Å². The molecule has 1 saturated heterocycles. The van der Waals surface area contributed by atoms with Crippen molar-refractivity contribution < 1.29 is 19.1 Å². The average Bonchev–Trinajstić information content (AvgIpc) is 3.16. The van der Waals surface area contributed by atoms with Crippen LogP contribution in [0, 0.1) is 36.5 Å². The zero-order valence-electron chi connectivity index (χ0n) is 31.0. The molecule has 0 bridgehead atoms. The van der Waals surface area contributed by atoms with Crippen molar-refractivity contribution in [1.29, 1.82) is 0 Å². The summed E-state index contributed by atoms with van der Waals surface area (Å²) in [5.41, 5.74) is 6.01. The largest absolute Gasteiger partial charge is 0.379 e. The molecule has 1 heterocycles. The number of carbonyl (C=O) groups excluding carboxylic acids is 3. The molecule has 8 heteroatoms. The van der Waals surface area contributed by atoms with Crippen molar-refractivity contribution in [1.82, 2.24) is 15.5 Å². The maximum absolute atomic E-state index is 14.1. The van der Waals surface area contributed by atoms with Crippen LogP contribution in [0.1, 0.15) is 94.6 Å². The van der Waals surface area contributed by atoms with E-state index in [0.717, 1.165) is 93.8 Å². The number of Topliss-reactive ketones (excluding diaryl/α,β-unsaturated/α-hetero) is 1. The van der Waals surface area contributed by atoms with Crippen molar-refractivity contribution in [3.63, 3.8) is 0 Å². The minimum Gasteiger partial charge on any atom is -0.379 e. The van der Waals surface area contributed by atoms with Crippen molar-refractivity contribution in [3.8, 4) is 11.1 Å². The lowest BCUT2D eigenvalue weighted by Gasteiger charge is -2.37. The zero-order valence-corrected chi connectivity index (χ0v) is 31.0. The summed E-state index contributed by atoms with van der Waals surface area (Å²) in [7, 11) is 2.14. The first-order valence-corrected chi connectivity index (χ1v) is 18.8. The van der Waals surface area contributed by atoms with Gasteiger partial charge in [0.25, 0.3) is 5.91 Å². The zero-order chi connectivity index (χ0) is 35.2. The number of hydrogen-bond donors (Lipinski definition) is 2. The predicted octanol–water partition coefficient (Wildman–Crippen LogP) is 6.63. The molecule has 2 saturated carbocycles. The van der Waals surface area contributed by atoms with Gasteiger partial charge in [0.15, 0.2) is 0 Å². The van der Waals surface area contributed by atoms with Crippen LogP contribution < -0.4 is 15.5 Å². The fourth-order valence-corrected chi connectivity index (χ4v) is 8.73. The first-order valence-electron chi connectivity index (χ1n) is 18.8. The summed E-state index contributed by atoms with van der Waals surface area (Å²) in [6, 6.07) is 13.5. The molecular formula is C41H60N4O4. The minimum absolute atomic E-state index is 0.0288. The number of rotatable bonds is 10. The van der Waals surface area contributed by atoms with Crippen molar-refractivity contribution >= 4 is 23.3 Å². The maximum atomic E-state index is 14.1. The average molecular weight is 673 g/mol. The second-order valence-electron chi connectivity index (χ2n) is 15.4. The topological polar surface area (TPSA) is 91.0 Å². The molecular weight excluding hydrogens is 612 g/mol. The Morgan fingerprint density at radius 1 is 0.939 bits per heavy atom. The molecule has 2 N–H and O–H groups in total. The molecule has 2 amide bonds. The van der Waals surface area contributed by atoms with Gasteiger partial charge >= 0.3 is 0 Å². The summed E-state index contributed by atoms with van der Waals surface area (Å²) in [4.78, 5) is 44.3. The van der Waals surface area contributed by atoms with E-state index >= 15 is 0 Å². The number of carbonyl (C=O) groups is 3. The summed E-state index contributed by atoms with van der Waals surface area (Å²) in [6.07, 6.45) is 5.67. The van der Waals surface area contributed by atoms with Gasteiger partial charge in [-0.15, -0.1) is 0 Å². The smallest absolute Gasteiger partial charge is 0.251 e. The third kappa shape index (κ3) is 8.93. The quantitative estimate of drug-likeness (QED) is 0.276. The first-order chi connectivity index (χ1) is 23.5. The number of nitrogens with one attached hydrogen (secondary N) is 2. The van der Waals surface area contributed by atoms with E-state index in [0.29, 0.717) is 35.8 Å². The van der Waals surface area contributed by atoms with Gasteiger partial charge in [-0.3, -0.25) is 19.3 Å². The van der Waals surface area contributed by atoms with Gasteiger partial charge in [-0.1, -0.05) is 52.0 Å². The highest BCUT2D eigenvalue weighted by atomic mass is 16.5. The molecule has 5 atom stereocenters. The molecule has 268 valence electrons. The number of morpholine rings is 1. The number of hydrogen-bond acceptors (Lipinski definition) is 6. The lowest BCUT2D eigenvalue weighted by Crippen LogP contribution is -2.42. The van der Waals surface area contributed by atoms with Crippen LogP contribution in [0.2, 0.25) is 0 Å². The van der Waals surface area contributed by atoms with Gasteiger partial charge in [-0.05, 0) is 97.6 Å². The van der Waals surface area contributed by atoms with E-state index < -0.39 is 0 Å². The first kappa shape index (κ1) is 37.0. The number of amides is 2. The van der Waals surface area contributed by atoms with E-state index in [1.165, 1.54) is 5.56 Å². The molecule has 3 aliphatic rings. The normalized spacial score (nSPS) is 28.1. The van der Waals surface area contributed by atoms with E-state index in [1.807, 2.05) is 6.07 Å². The van der Waals surface area contributed by atoms with Crippen molar-refractivity contribution in [2.24, 2.45) is 29.6 Å². The standard InChI is InChI=1S/C41H60N4O4/c1-8-36-28(4)26(2)21-27(3)38(40(36)47)24-42-41(48)37-22-33(32-11-9-31(10-12-32)25-45-17-19-49-20-18-45)23-39(29(37)5)44(7)35-15-13-34(14-16-35)43-30(6)46/h9-12,22-23,26-28,34-36,38H,8,13-21,24-25H2,1-7H3,(H,42,48)(H,43,46)/t26?,27?,28-,34?,35?,36?,38?/m0/s1. The van der Waals surface area contributed by atoms with Crippen molar-refractivity contribution in [2.45, 2.75) is 98.7 Å². The molecule has 0 radical (unpaired) electrons. The number of nitrogens with zero attached hydrogens (tertiary/aromatic N) is 2. The highest BCUT2D eigenvalue weighted by Crippen LogP contribution is 2.39. The van der Waals surface area contributed by atoms with Crippen LogP contribution in [0.15, 0.2) is 36.4 Å². The molecule has 2 aliphatic carbocycles. The van der Waals surface area contributed by atoms with E-state index in [1.54, 1.807) is 6.92 Å². The SMILES string of the molecule is CCC1C(=O)C(CNC(=O)c2cc(-c3ccc(CN4CCOCC4)cc3)cc(N(C)C3CCC(NC(C)=O)CC3)c2C)C(C)CC(C)[C@@H]1C. The van der Waals surface area contributed by atoms with Crippen LogP contribution in [-0.4, -0.2) is 74.5 Å². The second kappa shape index (κ2) is 16.7. The van der Waals surface area contributed by atoms with Crippen LogP contribution in [0.5, 0.6) is 0 Å². The van der Waals surface area contributed by atoms with E-state index in [9.17, 15) is 14.4 Å². The highest BCUT2D eigenvalue weighted by molar-refractivity contribution is 5.99. The van der Waals surface area contributed by atoms with Gasteiger partial charge in [-0.2, -0.15) is 0 Å². The Bertz CT molecular complexity index is 1440. The molecule has 5 rings (SSSR count). The maximum Gasteiger partial charge on any atom is 0.251 e. The Balaban J connectivity index is 1.40. The number of ether oxygens (including phenoxy) is 1. The second-order valence-corrected chi connectivity index (χ2v) is 15.4. The molecule has 4 unspecified atom stereocenters. The fourth-order valence-electron chi connectivity index (χ4n) is 8.73. The Kier molecular flexibility index (Phi) is 12.6. The minimum atomic E-state index is -0.176. The van der Waals surface area contributed by atoms with Gasteiger partial charge in [-0.25, -0.2) is 0 Å². The molecule has 0 aromatic heterocycles. The molecule has 2 aromatic carbocycles. The predicted molar refractivity (Wildman–Crippen MR) is 198 cm³/mol. The Morgan fingerprint density at radius 2 is 1.61 bits per heavy atom. The monoisotopic (exact) mass is 672 g/mol. The summed E-state index contributed by atoms with van der Waals surface area (Å²) < 4.78 is 5.52. The van der Waals surface area contributed by atoms with E-state index in [4.69, 9.17) is 4.74 Å². The van der Waals surface area contributed by atoms with Gasteiger partial charge in [0, 0.05) is 75.3 Å². The lowest BCUT2D eigenvalue weighted by atomic mass is 9.80. The lowest BCUT2D eigenvalue weighted by molar-refractivity contribution is -0.128. The Hall–Kier alpha value is -3.23.